The summed E-state index contributed by atoms with van der Waals surface area (Å²) in [6.07, 6.45) is -0.389. The molecule has 0 aliphatic heterocycles. The Morgan fingerprint density at radius 2 is 2.23 bits per heavy atom. The van der Waals surface area contributed by atoms with Crippen LogP contribution in [0.4, 0.5) is 5.69 Å². The molecule has 1 aromatic heterocycles. The number of carbonyl (C=O) groups is 1. The third-order valence-corrected chi connectivity index (χ3v) is 3.85. The van der Waals surface area contributed by atoms with Crippen LogP contribution in [0.2, 0.25) is 5.02 Å². The lowest BCUT2D eigenvalue weighted by Crippen LogP contribution is -2.15. The van der Waals surface area contributed by atoms with Gasteiger partial charge in [-0.1, -0.05) is 11.6 Å². The monoisotopic (exact) mass is 341 g/mol. The highest BCUT2D eigenvalue weighted by molar-refractivity contribution is 7.89. The average molecular weight is 342 g/mol. The molecule has 0 unspecified atom stereocenters. The van der Waals surface area contributed by atoms with Crippen LogP contribution in [0.15, 0.2) is 17.0 Å². The van der Waals surface area contributed by atoms with Gasteiger partial charge < -0.3 is 5.32 Å². The first-order valence-corrected chi connectivity index (χ1v) is 7.52. The molecular formula is C10H8ClN7O3S. The predicted molar refractivity (Wildman–Crippen MR) is 74.9 cm³/mol. The Hall–Kier alpha value is -2.55. The maximum atomic E-state index is 11.5. The number of nitrogens with zero attached hydrogens (tertiary/aromatic N) is 4. The molecule has 0 bridgehead atoms. The maximum Gasteiger partial charge on any atom is 0.239 e. The summed E-state index contributed by atoms with van der Waals surface area (Å²) in [5.41, 5.74) is 0.257. The highest BCUT2D eigenvalue weighted by atomic mass is 35.5. The van der Waals surface area contributed by atoms with Gasteiger partial charge in [0.25, 0.3) is 0 Å². The number of sulfonamides is 1. The van der Waals surface area contributed by atoms with E-state index in [-0.39, 0.29) is 33.4 Å². The minimum atomic E-state index is -4.09. The van der Waals surface area contributed by atoms with Crippen molar-refractivity contribution in [2.75, 3.05) is 5.32 Å². The van der Waals surface area contributed by atoms with Gasteiger partial charge in [-0.05, 0) is 17.3 Å². The molecule has 0 saturated heterocycles. The number of H-pyrrole nitrogens is 1. The first-order valence-electron chi connectivity index (χ1n) is 5.60. The van der Waals surface area contributed by atoms with Crippen LogP contribution >= 0.6 is 11.6 Å². The molecule has 1 amide bonds. The molecule has 12 heteroatoms. The lowest BCUT2D eigenvalue weighted by Gasteiger charge is -2.11. The Kier molecular flexibility index (Phi) is 4.36. The maximum absolute atomic E-state index is 11.5. The highest BCUT2D eigenvalue weighted by Gasteiger charge is 2.20. The first kappa shape index (κ1) is 15.8. The van der Waals surface area contributed by atoms with Crippen molar-refractivity contribution in [2.24, 2.45) is 5.14 Å². The average Bonchev–Trinajstić information content (AvgIpc) is 2.91. The van der Waals surface area contributed by atoms with Crippen LogP contribution in [0.3, 0.4) is 0 Å². The number of rotatable bonds is 4. The van der Waals surface area contributed by atoms with Crippen molar-refractivity contribution < 1.29 is 13.2 Å². The van der Waals surface area contributed by atoms with Gasteiger partial charge in [0.15, 0.2) is 0 Å². The third kappa shape index (κ3) is 3.37. The summed E-state index contributed by atoms with van der Waals surface area (Å²) in [6.45, 7) is 0. The van der Waals surface area contributed by atoms with Gasteiger partial charge in [-0.2, -0.15) is 10.5 Å². The summed E-state index contributed by atoms with van der Waals surface area (Å²) in [5, 5.41) is 28.8. The van der Waals surface area contributed by atoms with Crippen LogP contribution in [0.1, 0.15) is 6.42 Å². The number of nitrogens with one attached hydrogen (secondary N) is 2. The molecule has 0 aliphatic rings. The third-order valence-electron chi connectivity index (χ3n) is 2.48. The number of tetrazole rings is 1. The van der Waals surface area contributed by atoms with Gasteiger partial charge in [0.2, 0.25) is 21.8 Å². The van der Waals surface area contributed by atoms with Crippen molar-refractivity contribution in [3.8, 4) is 17.5 Å². The number of hydrogen-bond donors (Lipinski definition) is 3. The zero-order chi connectivity index (χ0) is 16.3. The van der Waals surface area contributed by atoms with Crippen LogP contribution in [0, 0.1) is 11.3 Å². The van der Waals surface area contributed by atoms with E-state index >= 15 is 0 Å². The number of amides is 1. The number of nitriles is 1. The second kappa shape index (κ2) is 6.06. The van der Waals surface area contributed by atoms with E-state index in [1.165, 1.54) is 6.07 Å². The minimum Gasteiger partial charge on any atom is -0.324 e. The number of primary sulfonamides is 1. The van der Waals surface area contributed by atoms with E-state index in [2.05, 4.69) is 25.9 Å². The number of aromatic nitrogens is 4. The SMILES string of the molecule is N#CCC(=O)Nc1cc(Cl)c(S(N)(=O)=O)cc1-c1nn[nH]n1. The summed E-state index contributed by atoms with van der Waals surface area (Å²) in [4.78, 5) is 11.2. The molecule has 0 atom stereocenters. The van der Waals surface area contributed by atoms with E-state index in [9.17, 15) is 13.2 Å². The molecule has 0 spiro atoms. The fourth-order valence-corrected chi connectivity index (χ4v) is 2.70. The Bertz CT molecular complexity index is 857. The summed E-state index contributed by atoms with van der Waals surface area (Å²) < 4.78 is 23.0. The van der Waals surface area contributed by atoms with Crippen molar-refractivity contribution in [3.63, 3.8) is 0 Å². The number of anilines is 1. The van der Waals surface area contributed by atoms with E-state index in [1.54, 1.807) is 6.07 Å². The van der Waals surface area contributed by atoms with Gasteiger partial charge >= 0.3 is 0 Å². The summed E-state index contributed by atoms with van der Waals surface area (Å²) in [7, 11) is -4.09. The van der Waals surface area contributed by atoms with Gasteiger partial charge in [-0.3, -0.25) is 4.79 Å². The van der Waals surface area contributed by atoms with Crippen LogP contribution in [0.25, 0.3) is 11.4 Å². The van der Waals surface area contributed by atoms with Gasteiger partial charge in [0.05, 0.1) is 16.8 Å². The van der Waals surface area contributed by atoms with Crippen LogP contribution in [-0.2, 0) is 14.8 Å². The molecule has 2 rings (SSSR count). The highest BCUT2D eigenvalue weighted by Crippen LogP contribution is 2.33. The normalized spacial score (nSPS) is 11.0. The molecule has 0 fully saturated rings. The van der Waals surface area contributed by atoms with Gasteiger partial charge in [0, 0.05) is 5.56 Å². The van der Waals surface area contributed by atoms with E-state index in [4.69, 9.17) is 22.0 Å². The number of nitrogens with two attached hydrogens (primary N) is 1. The largest absolute Gasteiger partial charge is 0.324 e. The molecule has 0 saturated carbocycles. The van der Waals surface area contributed by atoms with Crippen molar-refractivity contribution >= 4 is 33.2 Å². The van der Waals surface area contributed by atoms with E-state index in [1.807, 2.05) is 0 Å². The Labute approximate surface area is 129 Å². The van der Waals surface area contributed by atoms with Gasteiger partial charge in [-0.15, -0.1) is 10.2 Å². The predicted octanol–water partition coefficient (Wildman–Crippen LogP) is 0.0197. The van der Waals surface area contributed by atoms with Crippen molar-refractivity contribution in [3.05, 3.63) is 17.2 Å². The number of benzene rings is 1. The Morgan fingerprint density at radius 3 is 2.77 bits per heavy atom. The zero-order valence-corrected chi connectivity index (χ0v) is 12.3. The van der Waals surface area contributed by atoms with Crippen LogP contribution < -0.4 is 10.5 Å². The summed E-state index contributed by atoms with van der Waals surface area (Å²) in [6, 6.07) is 3.98. The zero-order valence-electron chi connectivity index (χ0n) is 10.7. The van der Waals surface area contributed by atoms with Crippen LogP contribution in [0.5, 0.6) is 0 Å². The van der Waals surface area contributed by atoms with Crippen molar-refractivity contribution in [1.29, 1.82) is 5.26 Å². The van der Waals surface area contributed by atoms with E-state index in [0.717, 1.165) is 6.07 Å². The number of aromatic amines is 1. The molecule has 1 aromatic carbocycles. The fourth-order valence-electron chi connectivity index (χ4n) is 1.60. The number of halogens is 1. The Morgan fingerprint density at radius 1 is 1.50 bits per heavy atom. The molecule has 2 aromatic rings. The summed E-state index contributed by atoms with van der Waals surface area (Å²) >= 11 is 5.87. The number of carbonyl (C=O) groups excluding carboxylic acids is 1. The second-order valence-corrected chi connectivity index (χ2v) is 5.93. The molecule has 10 nitrogen and oxygen atoms in total. The molecule has 0 aliphatic carbocycles. The van der Waals surface area contributed by atoms with Gasteiger partial charge in [0.1, 0.15) is 11.3 Å². The molecular weight excluding hydrogens is 334 g/mol. The standard InChI is InChI=1S/C10H8ClN7O3S/c11-6-4-7(14-9(19)1-2-12)5(10-15-17-18-16-10)3-8(6)22(13,20)21/h3-4H,1H2,(H,14,19)(H2,13,20,21)(H,15,16,17,18). The quantitative estimate of drug-likeness (QED) is 0.704. The van der Waals surface area contributed by atoms with E-state index < -0.39 is 15.9 Å². The van der Waals surface area contributed by atoms with Crippen molar-refractivity contribution in [2.45, 2.75) is 11.3 Å². The molecule has 22 heavy (non-hydrogen) atoms. The lowest BCUT2D eigenvalue weighted by atomic mass is 10.1. The smallest absolute Gasteiger partial charge is 0.239 e. The Balaban J connectivity index is 2.60. The molecule has 4 N–H and O–H groups in total. The lowest BCUT2D eigenvalue weighted by molar-refractivity contribution is -0.115. The molecule has 0 radical (unpaired) electrons. The van der Waals surface area contributed by atoms with Gasteiger partial charge in [-0.25, -0.2) is 13.6 Å². The fraction of sp³-hybridized carbons (Fsp3) is 0.100. The first-order chi connectivity index (χ1) is 10.3. The molecule has 114 valence electrons. The topological polar surface area (TPSA) is 168 Å². The number of hydrogen-bond acceptors (Lipinski definition) is 7. The van der Waals surface area contributed by atoms with Crippen LogP contribution in [-0.4, -0.2) is 34.9 Å². The summed E-state index contributed by atoms with van der Waals surface area (Å²) in [5.74, 6) is -0.583. The molecule has 1 heterocycles. The van der Waals surface area contributed by atoms with Crippen molar-refractivity contribution in [1.82, 2.24) is 20.6 Å². The van der Waals surface area contributed by atoms with E-state index in [0.29, 0.717) is 0 Å². The minimum absolute atomic E-state index is 0.0221. The second-order valence-electron chi connectivity index (χ2n) is 3.99.